The molecule has 0 aliphatic carbocycles. The van der Waals surface area contributed by atoms with E-state index in [9.17, 15) is 13.6 Å². The van der Waals surface area contributed by atoms with Crippen LogP contribution in [0.25, 0.3) is 0 Å². The van der Waals surface area contributed by atoms with Crippen LogP contribution in [-0.2, 0) is 6.54 Å². The van der Waals surface area contributed by atoms with Gasteiger partial charge in [-0.3, -0.25) is 4.79 Å². The van der Waals surface area contributed by atoms with E-state index >= 15 is 0 Å². The number of carbonyl (C=O) groups excluding carboxylic acids is 1. The van der Waals surface area contributed by atoms with Gasteiger partial charge < -0.3 is 4.90 Å². The van der Waals surface area contributed by atoms with E-state index in [4.69, 9.17) is 11.6 Å². The first-order chi connectivity index (χ1) is 9.90. The maximum atomic E-state index is 13.7. The number of amides is 1. The van der Waals surface area contributed by atoms with Gasteiger partial charge in [-0.2, -0.15) is 0 Å². The Morgan fingerprint density at radius 2 is 1.95 bits per heavy atom. The van der Waals surface area contributed by atoms with Crippen molar-refractivity contribution in [1.82, 2.24) is 4.90 Å². The number of carbonyl (C=O) groups is 1. The summed E-state index contributed by atoms with van der Waals surface area (Å²) < 4.78 is 26.8. The molecule has 2 rings (SSSR count). The Bertz CT molecular complexity index is 668. The average molecular weight is 310 g/mol. The zero-order chi connectivity index (χ0) is 15.6. The Kier molecular flexibility index (Phi) is 4.58. The van der Waals surface area contributed by atoms with Gasteiger partial charge >= 0.3 is 0 Å². The molecule has 0 heterocycles. The van der Waals surface area contributed by atoms with Crippen molar-refractivity contribution in [2.75, 3.05) is 7.05 Å². The number of aryl methyl sites for hydroxylation is 1. The minimum absolute atomic E-state index is 0.0428. The standard InChI is InChI=1S/C16H14ClF2NO/c1-10-8-11(18)6-7-12(10)16(21)20(2)9-13-14(17)4-3-5-15(13)19/h3-8H,9H2,1-2H3. The molecule has 0 spiro atoms. The van der Waals surface area contributed by atoms with E-state index in [2.05, 4.69) is 0 Å². The lowest BCUT2D eigenvalue weighted by Gasteiger charge is -2.19. The molecule has 0 aliphatic heterocycles. The first kappa shape index (κ1) is 15.4. The largest absolute Gasteiger partial charge is 0.337 e. The maximum Gasteiger partial charge on any atom is 0.254 e. The summed E-state index contributed by atoms with van der Waals surface area (Å²) in [5.74, 6) is -1.17. The summed E-state index contributed by atoms with van der Waals surface area (Å²) in [7, 11) is 1.55. The van der Waals surface area contributed by atoms with Crippen LogP contribution in [0.5, 0.6) is 0 Å². The van der Waals surface area contributed by atoms with Crippen LogP contribution in [0.2, 0.25) is 5.02 Å². The molecule has 2 nitrogen and oxygen atoms in total. The van der Waals surface area contributed by atoms with Crippen LogP contribution in [-0.4, -0.2) is 17.9 Å². The van der Waals surface area contributed by atoms with Gasteiger partial charge in [0.15, 0.2) is 0 Å². The highest BCUT2D eigenvalue weighted by Gasteiger charge is 2.17. The van der Waals surface area contributed by atoms with Crippen LogP contribution >= 0.6 is 11.6 Å². The second-order valence-corrected chi connectivity index (χ2v) is 5.23. The number of rotatable bonds is 3. The van der Waals surface area contributed by atoms with E-state index in [0.717, 1.165) is 0 Å². The number of halogens is 3. The summed E-state index contributed by atoms with van der Waals surface area (Å²) in [4.78, 5) is 13.7. The fourth-order valence-electron chi connectivity index (χ4n) is 2.07. The lowest BCUT2D eigenvalue weighted by Crippen LogP contribution is -2.27. The number of nitrogens with zero attached hydrogens (tertiary/aromatic N) is 1. The van der Waals surface area contributed by atoms with Gasteiger partial charge in [0.25, 0.3) is 5.91 Å². The van der Waals surface area contributed by atoms with Crippen LogP contribution in [0.15, 0.2) is 36.4 Å². The van der Waals surface area contributed by atoms with Crippen molar-refractivity contribution in [3.63, 3.8) is 0 Å². The smallest absolute Gasteiger partial charge is 0.254 e. The monoisotopic (exact) mass is 309 g/mol. The van der Waals surface area contributed by atoms with Crippen LogP contribution in [0.1, 0.15) is 21.5 Å². The van der Waals surface area contributed by atoms with Crippen molar-refractivity contribution in [3.05, 3.63) is 69.7 Å². The molecule has 110 valence electrons. The number of hydrogen-bond donors (Lipinski definition) is 0. The average Bonchev–Trinajstić information content (AvgIpc) is 2.42. The highest BCUT2D eigenvalue weighted by molar-refractivity contribution is 6.31. The van der Waals surface area contributed by atoms with Crippen LogP contribution in [0, 0.1) is 18.6 Å². The highest BCUT2D eigenvalue weighted by Crippen LogP contribution is 2.21. The molecular weight excluding hydrogens is 296 g/mol. The zero-order valence-corrected chi connectivity index (χ0v) is 12.4. The Hall–Kier alpha value is -1.94. The van der Waals surface area contributed by atoms with Crippen molar-refractivity contribution in [1.29, 1.82) is 0 Å². The quantitative estimate of drug-likeness (QED) is 0.832. The van der Waals surface area contributed by atoms with Crippen molar-refractivity contribution < 1.29 is 13.6 Å². The second kappa shape index (κ2) is 6.22. The summed E-state index contributed by atoms with van der Waals surface area (Å²) in [6.45, 7) is 1.70. The van der Waals surface area contributed by atoms with E-state index < -0.39 is 11.6 Å². The van der Waals surface area contributed by atoms with E-state index in [1.165, 1.54) is 35.2 Å². The van der Waals surface area contributed by atoms with Crippen molar-refractivity contribution in [2.45, 2.75) is 13.5 Å². The third-order valence-electron chi connectivity index (χ3n) is 3.22. The molecule has 21 heavy (non-hydrogen) atoms. The van der Waals surface area contributed by atoms with Gasteiger partial charge in [-0.1, -0.05) is 17.7 Å². The lowest BCUT2D eigenvalue weighted by molar-refractivity contribution is 0.0783. The molecule has 2 aromatic carbocycles. The predicted octanol–water partition coefficient (Wildman–Crippen LogP) is 4.20. The van der Waals surface area contributed by atoms with Crippen molar-refractivity contribution >= 4 is 17.5 Å². The molecular formula is C16H14ClF2NO. The van der Waals surface area contributed by atoms with E-state index in [1.54, 1.807) is 20.0 Å². The molecule has 0 fully saturated rings. The molecule has 0 atom stereocenters. The lowest BCUT2D eigenvalue weighted by atomic mass is 10.1. The Balaban J connectivity index is 2.24. The third-order valence-corrected chi connectivity index (χ3v) is 3.58. The molecule has 0 aromatic heterocycles. The molecule has 0 saturated carbocycles. The van der Waals surface area contributed by atoms with Crippen molar-refractivity contribution in [3.8, 4) is 0 Å². The summed E-state index contributed by atoms with van der Waals surface area (Å²) in [5.41, 5.74) is 1.17. The Morgan fingerprint density at radius 3 is 2.57 bits per heavy atom. The fourth-order valence-corrected chi connectivity index (χ4v) is 2.29. The first-order valence-corrected chi connectivity index (χ1v) is 6.72. The van der Waals surface area contributed by atoms with Gasteiger partial charge in [0.05, 0.1) is 0 Å². The van der Waals surface area contributed by atoms with Gasteiger partial charge in [0, 0.05) is 29.7 Å². The molecule has 2 aromatic rings. The molecule has 1 amide bonds. The Labute approximate surface area is 127 Å². The molecule has 0 radical (unpaired) electrons. The summed E-state index contributed by atoms with van der Waals surface area (Å²) >= 11 is 5.95. The normalized spacial score (nSPS) is 10.5. The van der Waals surface area contributed by atoms with Crippen LogP contribution < -0.4 is 0 Å². The van der Waals surface area contributed by atoms with E-state index in [0.29, 0.717) is 11.1 Å². The summed E-state index contributed by atoms with van der Waals surface area (Å²) in [6, 6.07) is 8.31. The highest BCUT2D eigenvalue weighted by atomic mass is 35.5. The second-order valence-electron chi connectivity index (χ2n) is 4.82. The van der Waals surface area contributed by atoms with Crippen LogP contribution in [0.3, 0.4) is 0 Å². The van der Waals surface area contributed by atoms with Crippen molar-refractivity contribution in [2.24, 2.45) is 0 Å². The van der Waals surface area contributed by atoms with Crippen LogP contribution in [0.4, 0.5) is 8.78 Å². The van der Waals surface area contributed by atoms with E-state index in [-0.39, 0.29) is 23.0 Å². The molecule has 0 saturated heterocycles. The van der Waals surface area contributed by atoms with Gasteiger partial charge in [0.2, 0.25) is 0 Å². The minimum Gasteiger partial charge on any atom is -0.337 e. The SMILES string of the molecule is Cc1cc(F)ccc1C(=O)N(C)Cc1c(F)cccc1Cl. The van der Waals surface area contributed by atoms with Gasteiger partial charge in [-0.05, 0) is 42.8 Å². The third kappa shape index (κ3) is 3.39. The molecule has 0 unspecified atom stereocenters. The molecule has 5 heteroatoms. The van der Waals surface area contributed by atoms with Gasteiger partial charge in [-0.15, -0.1) is 0 Å². The zero-order valence-electron chi connectivity index (χ0n) is 11.7. The topological polar surface area (TPSA) is 20.3 Å². The number of hydrogen-bond acceptors (Lipinski definition) is 1. The van der Waals surface area contributed by atoms with E-state index in [1.807, 2.05) is 0 Å². The maximum absolute atomic E-state index is 13.7. The predicted molar refractivity (Wildman–Crippen MR) is 78.3 cm³/mol. The summed E-state index contributed by atoms with van der Waals surface area (Å²) in [5, 5.41) is 0.269. The summed E-state index contributed by atoms with van der Waals surface area (Å²) in [6.07, 6.45) is 0. The first-order valence-electron chi connectivity index (χ1n) is 6.34. The van der Waals surface area contributed by atoms with Gasteiger partial charge in [-0.25, -0.2) is 8.78 Å². The minimum atomic E-state index is -0.460. The van der Waals surface area contributed by atoms with Gasteiger partial charge in [0.1, 0.15) is 11.6 Å². The molecule has 0 bridgehead atoms. The molecule has 0 aliphatic rings. The molecule has 0 N–H and O–H groups in total. The Morgan fingerprint density at radius 1 is 1.24 bits per heavy atom. The fraction of sp³-hybridized carbons (Fsp3) is 0.188. The number of benzene rings is 2.